The van der Waals surface area contributed by atoms with E-state index in [9.17, 15) is 14.7 Å². The second-order valence-electron chi connectivity index (χ2n) is 11.1. The van der Waals surface area contributed by atoms with Crippen LogP contribution in [-0.2, 0) is 8.85 Å². The molecule has 0 unspecified atom stereocenters. The van der Waals surface area contributed by atoms with Crippen molar-refractivity contribution in [3.8, 4) is 0 Å². The molecule has 0 heterocycles. The van der Waals surface area contributed by atoms with Crippen LogP contribution in [-0.4, -0.2) is 45.3 Å². The predicted molar refractivity (Wildman–Crippen MR) is 186 cm³/mol. The average molecular weight is 618 g/mol. The lowest BCUT2D eigenvalue weighted by Gasteiger charge is -2.25. The smallest absolute Gasteiger partial charge is 0.336 e. The fraction of sp³-hybridized carbons (Fsp3) is 0.211. The van der Waals surface area contributed by atoms with Gasteiger partial charge in [-0.15, -0.1) is 0 Å². The van der Waals surface area contributed by atoms with E-state index in [2.05, 4.69) is 30.1 Å². The Labute approximate surface area is 264 Å². The molecule has 0 saturated heterocycles. The molecule has 0 aromatic heterocycles. The van der Waals surface area contributed by atoms with Crippen LogP contribution in [0.4, 0.5) is 0 Å². The van der Waals surface area contributed by atoms with Gasteiger partial charge in [-0.1, -0.05) is 97.1 Å². The summed E-state index contributed by atoms with van der Waals surface area (Å²) in [6.45, 7) is 8.03. The standard InChI is InChI=1S/C23H29NO3Si.C15H10O2/c1-4-26-28(3,27-5-2)16-10-15-24-23(25)22-20-13-8-6-11-18(20)17-19-12-7-9-14-21(19)22;16-15(17)14-12-7-3-1-5-10(12)9-11-6-2-4-8-13(11)14/h6-9,11-14,17H,4-5,10,15-16H2,1-3H3,(H,24,25);1-9H,(H,16,17). The monoisotopic (exact) mass is 617 g/mol. The molecule has 1 amide bonds. The number of hydrogen-bond donors (Lipinski definition) is 2. The van der Waals surface area contributed by atoms with Gasteiger partial charge in [0.1, 0.15) is 0 Å². The first-order valence-electron chi connectivity index (χ1n) is 15.5. The van der Waals surface area contributed by atoms with Gasteiger partial charge >= 0.3 is 14.5 Å². The lowest BCUT2D eigenvalue weighted by atomic mass is 9.96. The Bertz CT molecular complexity index is 1860. The van der Waals surface area contributed by atoms with Crippen molar-refractivity contribution in [2.75, 3.05) is 19.8 Å². The van der Waals surface area contributed by atoms with Crippen molar-refractivity contribution < 1.29 is 23.5 Å². The number of amides is 1. The topological polar surface area (TPSA) is 84.9 Å². The van der Waals surface area contributed by atoms with Gasteiger partial charge in [-0.3, -0.25) is 4.79 Å². The van der Waals surface area contributed by atoms with Crippen LogP contribution in [0.1, 0.15) is 41.0 Å². The van der Waals surface area contributed by atoms with Gasteiger partial charge in [0.2, 0.25) is 0 Å². The first-order valence-corrected chi connectivity index (χ1v) is 18.0. The van der Waals surface area contributed by atoms with Crippen molar-refractivity contribution in [1.29, 1.82) is 0 Å². The molecule has 0 spiro atoms. The van der Waals surface area contributed by atoms with Gasteiger partial charge in [-0.2, -0.15) is 0 Å². The van der Waals surface area contributed by atoms with Gasteiger partial charge in [-0.25, -0.2) is 4.79 Å². The number of rotatable bonds is 10. The molecular formula is C38H39NO5Si. The van der Waals surface area contributed by atoms with Crippen LogP contribution in [0.25, 0.3) is 43.1 Å². The molecular weight excluding hydrogens is 579 g/mol. The Morgan fingerprint density at radius 2 is 1.02 bits per heavy atom. The van der Waals surface area contributed by atoms with E-state index >= 15 is 0 Å². The summed E-state index contributed by atoms with van der Waals surface area (Å²) in [5, 5.41) is 20.1. The molecule has 0 aliphatic heterocycles. The van der Waals surface area contributed by atoms with E-state index in [0.29, 0.717) is 25.3 Å². The molecule has 0 atom stereocenters. The van der Waals surface area contributed by atoms with E-state index in [1.165, 1.54) is 0 Å². The zero-order valence-corrected chi connectivity index (χ0v) is 27.0. The largest absolute Gasteiger partial charge is 0.478 e. The number of carbonyl (C=O) groups excluding carboxylic acids is 1. The molecule has 0 aliphatic rings. The highest BCUT2D eigenvalue weighted by Crippen LogP contribution is 2.29. The molecule has 2 N–H and O–H groups in total. The first-order chi connectivity index (χ1) is 21.8. The molecule has 6 rings (SSSR count). The number of nitrogens with one attached hydrogen (secondary N) is 1. The van der Waals surface area contributed by atoms with Crippen LogP contribution in [0, 0.1) is 0 Å². The number of benzene rings is 6. The minimum Gasteiger partial charge on any atom is -0.478 e. The van der Waals surface area contributed by atoms with Crippen LogP contribution in [0.2, 0.25) is 12.6 Å². The summed E-state index contributed by atoms with van der Waals surface area (Å²) >= 11 is 0. The van der Waals surface area contributed by atoms with E-state index in [1.54, 1.807) is 0 Å². The quantitative estimate of drug-likeness (QED) is 0.0911. The van der Waals surface area contributed by atoms with E-state index < -0.39 is 14.5 Å². The van der Waals surface area contributed by atoms with E-state index in [1.807, 2.05) is 105 Å². The average Bonchev–Trinajstić information content (AvgIpc) is 3.04. The molecule has 0 bridgehead atoms. The van der Waals surface area contributed by atoms with Gasteiger partial charge in [-0.05, 0) is 88.1 Å². The van der Waals surface area contributed by atoms with Crippen molar-refractivity contribution in [3.63, 3.8) is 0 Å². The Balaban J connectivity index is 0.000000200. The van der Waals surface area contributed by atoms with Crippen LogP contribution in [0.3, 0.4) is 0 Å². The zero-order chi connectivity index (χ0) is 31.8. The molecule has 7 heteroatoms. The van der Waals surface area contributed by atoms with E-state index in [4.69, 9.17) is 8.85 Å². The SMILES string of the molecule is CCO[Si](C)(CCCNC(=O)c1c2ccccc2cc2ccccc12)OCC.O=C(O)c1c2ccccc2cc2ccccc12. The lowest BCUT2D eigenvalue weighted by molar-refractivity contribution is 0.0700. The first kappa shape index (κ1) is 31.8. The molecule has 0 radical (unpaired) electrons. The third kappa shape index (κ3) is 7.23. The number of hydrogen-bond acceptors (Lipinski definition) is 4. The zero-order valence-electron chi connectivity index (χ0n) is 26.0. The second kappa shape index (κ2) is 14.5. The lowest BCUT2D eigenvalue weighted by Crippen LogP contribution is -2.39. The van der Waals surface area contributed by atoms with Gasteiger partial charge in [0.15, 0.2) is 0 Å². The van der Waals surface area contributed by atoms with Crippen molar-refractivity contribution in [2.45, 2.75) is 32.9 Å². The molecule has 45 heavy (non-hydrogen) atoms. The summed E-state index contributed by atoms with van der Waals surface area (Å²) in [5.74, 6) is -0.901. The minimum absolute atomic E-state index is 0.0239. The molecule has 6 nitrogen and oxygen atoms in total. The number of carbonyl (C=O) groups is 2. The highest BCUT2D eigenvalue weighted by atomic mass is 28.4. The Kier molecular flexibility index (Phi) is 10.2. The molecule has 6 aromatic rings. The highest BCUT2D eigenvalue weighted by Gasteiger charge is 2.30. The van der Waals surface area contributed by atoms with E-state index in [-0.39, 0.29) is 5.91 Å². The highest BCUT2D eigenvalue weighted by molar-refractivity contribution is 6.66. The molecule has 0 fully saturated rings. The number of carboxylic acid groups (broad SMARTS) is 1. The minimum atomic E-state index is -2.14. The normalized spacial score (nSPS) is 11.4. The van der Waals surface area contributed by atoms with Gasteiger partial charge in [0.05, 0.1) is 11.1 Å². The predicted octanol–water partition coefficient (Wildman–Crippen LogP) is 8.95. The van der Waals surface area contributed by atoms with Gasteiger partial charge in [0, 0.05) is 19.8 Å². The number of aromatic carboxylic acids is 1. The Hall–Kier alpha value is -4.56. The summed E-state index contributed by atoms with van der Waals surface area (Å²) in [4.78, 5) is 24.5. The fourth-order valence-electron chi connectivity index (χ4n) is 6.00. The summed E-state index contributed by atoms with van der Waals surface area (Å²) in [7, 11) is -2.14. The number of fused-ring (bicyclic) bond motifs is 4. The summed E-state index contributed by atoms with van der Waals surface area (Å²) < 4.78 is 11.8. The summed E-state index contributed by atoms with van der Waals surface area (Å²) in [6.07, 6.45) is 0.844. The molecule has 230 valence electrons. The maximum Gasteiger partial charge on any atom is 0.336 e. The third-order valence-electron chi connectivity index (χ3n) is 7.98. The second-order valence-corrected chi connectivity index (χ2v) is 14.4. The van der Waals surface area contributed by atoms with E-state index in [0.717, 1.165) is 61.1 Å². The molecule has 0 saturated carbocycles. The van der Waals surface area contributed by atoms with Crippen molar-refractivity contribution in [1.82, 2.24) is 5.32 Å². The maximum absolute atomic E-state index is 13.1. The van der Waals surface area contributed by atoms with Crippen LogP contribution in [0.5, 0.6) is 0 Å². The fourth-order valence-corrected chi connectivity index (χ4v) is 8.41. The van der Waals surface area contributed by atoms with Crippen LogP contribution >= 0.6 is 0 Å². The summed E-state index contributed by atoms with van der Waals surface area (Å²) in [6, 6.07) is 36.3. The molecule has 6 aromatic carbocycles. The van der Waals surface area contributed by atoms with Gasteiger partial charge in [0.25, 0.3) is 5.91 Å². The summed E-state index contributed by atoms with van der Waals surface area (Å²) in [5.41, 5.74) is 1.14. The van der Waals surface area contributed by atoms with Crippen LogP contribution in [0.15, 0.2) is 109 Å². The molecule has 0 aliphatic carbocycles. The number of carboxylic acids is 1. The van der Waals surface area contributed by atoms with Crippen molar-refractivity contribution in [2.24, 2.45) is 0 Å². The Morgan fingerprint density at radius 3 is 1.40 bits per heavy atom. The van der Waals surface area contributed by atoms with Crippen LogP contribution < -0.4 is 5.32 Å². The van der Waals surface area contributed by atoms with Gasteiger partial charge < -0.3 is 19.3 Å². The maximum atomic E-state index is 13.1. The third-order valence-corrected chi connectivity index (χ3v) is 11.0. The van der Waals surface area contributed by atoms with Crippen molar-refractivity contribution >= 4 is 63.5 Å². The Morgan fingerprint density at radius 1 is 0.644 bits per heavy atom. The van der Waals surface area contributed by atoms with Crippen molar-refractivity contribution in [3.05, 3.63) is 120 Å².